The van der Waals surface area contributed by atoms with Gasteiger partial charge >= 0.3 is 6.18 Å². The first-order valence-corrected chi connectivity index (χ1v) is 9.58. The maximum Gasteiger partial charge on any atom is 0.416 e. The van der Waals surface area contributed by atoms with Crippen LogP contribution in [0, 0.1) is 5.41 Å². The van der Waals surface area contributed by atoms with Crippen LogP contribution in [0.1, 0.15) is 56.3 Å². The molecule has 156 valence electrons. The van der Waals surface area contributed by atoms with Crippen molar-refractivity contribution in [1.82, 2.24) is 0 Å². The number of aryl methyl sites for hydroxylation is 1. The van der Waals surface area contributed by atoms with Crippen molar-refractivity contribution in [3.63, 3.8) is 0 Å². The molecule has 0 radical (unpaired) electrons. The number of nitrogen functional groups attached to an aromatic ring is 1. The molecule has 2 aromatic rings. The number of rotatable bonds is 4. The number of benzene rings is 2. The van der Waals surface area contributed by atoms with E-state index in [1.54, 1.807) is 0 Å². The lowest BCUT2D eigenvalue weighted by Gasteiger charge is -2.19. The fraction of sp³-hybridized carbons (Fsp3) is 0.409. The van der Waals surface area contributed by atoms with Gasteiger partial charge in [-0.3, -0.25) is 4.79 Å². The van der Waals surface area contributed by atoms with Crippen LogP contribution in [0.15, 0.2) is 36.4 Å². The highest BCUT2D eigenvalue weighted by molar-refractivity contribution is 5.94. The highest BCUT2D eigenvalue weighted by Crippen LogP contribution is 2.39. The van der Waals surface area contributed by atoms with Crippen LogP contribution in [0.25, 0.3) is 0 Å². The Bertz CT molecular complexity index is 899. The summed E-state index contributed by atoms with van der Waals surface area (Å²) in [5.41, 5.74) is 9.17. The van der Waals surface area contributed by atoms with Gasteiger partial charge in [-0.25, -0.2) is 0 Å². The van der Waals surface area contributed by atoms with Gasteiger partial charge in [0.2, 0.25) is 5.91 Å². The fourth-order valence-electron chi connectivity index (χ4n) is 3.57. The van der Waals surface area contributed by atoms with Crippen LogP contribution in [0.5, 0.6) is 0 Å². The number of halogens is 3. The summed E-state index contributed by atoms with van der Waals surface area (Å²) in [5.74, 6) is -0.0819. The van der Waals surface area contributed by atoms with E-state index in [4.69, 9.17) is 5.73 Å². The van der Waals surface area contributed by atoms with E-state index >= 15 is 0 Å². The monoisotopic (exact) mass is 405 g/mol. The van der Waals surface area contributed by atoms with E-state index in [0.717, 1.165) is 36.1 Å². The number of nitrogens with one attached hydrogen (secondary N) is 2. The largest absolute Gasteiger partial charge is 0.416 e. The first-order valence-electron chi connectivity index (χ1n) is 9.58. The SMILES string of the molecule is CC(C)(C)CC(=O)Nc1cc2c(cc1N)C(Nc1ccc(C(F)(F)F)cc1)CC2. The van der Waals surface area contributed by atoms with Gasteiger partial charge < -0.3 is 16.4 Å². The molecule has 0 aromatic heterocycles. The molecular weight excluding hydrogens is 379 g/mol. The maximum absolute atomic E-state index is 12.7. The maximum atomic E-state index is 12.7. The van der Waals surface area contributed by atoms with Gasteiger partial charge in [-0.2, -0.15) is 13.2 Å². The van der Waals surface area contributed by atoms with Crippen molar-refractivity contribution in [1.29, 1.82) is 0 Å². The number of hydrogen-bond acceptors (Lipinski definition) is 3. The highest BCUT2D eigenvalue weighted by Gasteiger charge is 2.30. The predicted molar refractivity (Wildman–Crippen MR) is 110 cm³/mol. The second-order valence-corrected chi connectivity index (χ2v) is 8.73. The van der Waals surface area contributed by atoms with Crippen molar-refractivity contribution in [2.75, 3.05) is 16.4 Å². The standard InChI is InChI=1S/C22H26F3N3O/c1-21(2,3)12-20(29)28-19-10-13-4-9-18(16(13)11-17(19)26)27-15-7-5-14(6-8-15)22(23,24)25/h5-8,10-11,18,27H,4,9,12,26H2,1-3H3,(H,28,29). The van der Waals surface area contributed by atoms with Crippen LogP contribution < -0.4 is 16.4 Å². The second kappa shape index (κ2) is 7.61. The van der Waals surface area contributed by atoms with Gasteiger partial charge in [-0.1, -0.05) is 20.8 Å². The van der Waals surface area contributed by atoms with Crippen LogP contribution >= 0.6 is 0 Å². The van der Waals surface area contributed by atoms with Crippen LogP contribution in [0.3, 0.4) is 0 Å². The summed E-state index contributed by atoms with van der Waals surface area (Å²) in [7, 11) is 0. The summed E-state index contributed by atoms with van der Waals surface area (Å²) in [6.07, 6.45) is -2.35. The van der Waals surface area contributed by atoms with Crippen molar-refractivity contribution in [2.24, 2.45) is 5.41 Å². The van der Waals surface area contributed by atoms with E-state index in [9.17, 15) is 18.0 Å². The van der Waals surface area contributed by atoms with Gasteiger partial charge in [-0.15, -0.1) is 0 Å². The number of anilines is 3. The zero-order valence-corrected chi connectivity index (χ0v) is 16.8. The lowest BCUT2D eigenvalue weighted by Crippen LogP contribution is -2.20. The van der Waals surface area contributed by atoms with E-state index < -0.39 is 11.7 Å². The molecule has 2 aromatic carbocycles. The summed E-state index contributed by atoms with van der Waals surface area (Å²) >= 11 is 0. The van der Waals surface area contributed by atoms with E-state index in [0.29, 0.717) is 23.5 Å². The predicted octanol–water partition coefficient (Wildman–Crippen LogP) is 5.76. The molecule has 0 saturated carbocycles. The van der Waals surface area contributed by atoms with E-state index in [2.05, 4.69) is 10.6 Å². The molecule has 0 aliphatic heterocycles. The number of carbonyl (C=O) groups is 1. The third-order valence-corrected chi connectivity index (χ3v) is 4.91. The molecule has 7 heteroatoms. The smallest absolute Gasteiger partial charge is 0.397 e. The normalized spacial score (nSPS) is 16.4. The minimum Gasteiger partial charge on any atom is -0.397 e. The molecule has 4 N–H and O–H groups in total. The number of fused-ring (bicyclic) bond motifs is 1. The Balaban J connectivity index is 1.73. The van der Waals surface area contributed by atoms with Gasteiger partial charge in [0.05, 0.1) is 23.0 Å². The second-order valence-electron chi connectivity index (χ2n) is 8.73. The average Bonchev–Trinajstić information content (AvgIpc) is 2.95. The summed E-state index contributed by atoms with van der Waals surface area (Å²) in [6.45, 7) is 5.99. The molecular formula is C22H26F3N3O. The molecule has 3 rings (SSSR count). The van der Waals surface area contributed by atoms with Gasteiger partial charge in [0.1, 0.15) is 0 Å². The van der Waals surface area contributed by atoms with Crippen LogP contribution in [0.2, 0.25) is 0 Å². The summed E-state index contributed by atoms with van der Waals surface area (Å²) in [4.78, 5) is 12.2. The lowest BCUT2D eigenvalue weighted by molar-refractivity contribution is -0.137. The van der Waals surface area contributed by atoms with Crippen molar-refractivity contribution in [3.05, 3.63) is 53.1 Å². The molecule has 0 saturated heterocycles. The molecule has 0 heterocycles. The minimum atomic E-state index is -4.35. The number of hydrogen-bond donors (Lipinski definition) is 3. The summed E-state index contributed by atoms with van der Waals surface area (Å²) < 4.78 is 38.2. The highest BCUT2D eigenvalue weighted by atomic mass is 19.4. The Morgan fingerprint density at radius 2 is 1.79 bits per heavy atom. The third kappa shape index (κ3) is 5.22. The lowest BCUT2D eigenvalue weighted by atomic mass is 9.92. The molecule has 1 atom stereocenters. The van der Waals surface area contributed by atoms with Gasteiger partial charge in [-0.05, 0) is 65.8 Å². The Labute approximate surface area is 168 Å². The summed E-state index contributed by atoms with van der Waals surface area (Å²) in [5, 5.41) is 6.17. The Kier molecular flexibility index (Phi) is 5.52. The van der Waals surface area contributed by atoms with E-state index in [1.807, 2.05) is 32.9 Å². The van der Waals surface area contributed by atoms with Crippen LogP contribution in [-0.2, 0) is 17.4 Å². The molecule has 0 spiro atoms. The Hall–Kier alpha value is -2.70. The molecule has 0 fully saturated rings. The zero-order valence-electron chi connectivity index (χ0n) is 16.8. The fourth-order valence-corrected chi connectivity index (χ4v) is 3.57. The number of alkyl halides is 3. The van der Waals surface area contributed by atoms with Gasteiger partial charge in [0.15, 0.2) is 0 Å². The van der Waals surface area contributed by atoms with Crippen molar-refractivity contribution in [3.8, 4) is 0 Å². The molecule has 1 amide bonds. The Morgan fingerprint density at radius 3 is 2.38 bits per heavy atom. The topological polar surface area (TPSA) is 67.2 Å². The molecule has 4 nitrogen and oxygen atoms in total. The number of amides is 1. The molecule has 1 aliphatic carbocycles. The van der Waals surface area contributed by atoms with Crippen LogP contribution in [0.4, 0.5) is 30.2 Å². The Morgan fingerprint density at radius 1 is 1.14 bits per heavy atom. The third-order valence-electron chi connectivity index (χ3n) is 4.91. The van der Waals surface area contributed by atoms with E-state index in [-0.39, 0.29) is 17.4 Å². The minimum absolute atomic E-state index is 0.0386. The number of nitrogens with two attached hydrogens (primary N) is 1. The molecule has 29 heavy (non-hydrogen) atoms. The molecule has 1 aliphatic rings. The van der Waals surface area contributed by atoms with Gasteiger partial charge in [0.25, 0.3) is 0 Å². The molecule has 1 unspecified atom stereocenters. The van der Waals surface area contributed by atoms with Crippen molar-refractivity contribution < 1.29 is 18.0 Å². The zero-order chi connectivity index (χ0) is 21.4. The quantitative estimate of drug-likeness (QED) is 0.567. The first-order chi connectivity index (χ1) is 13.4. The first kappa shape index (κ1) is 21.0. The molecule has 0 bridgehead atoms. The van der Waals surface area contributed by atoms with E-state index in [1.165, 1.54) is 12.1 Å². The van der Waals surface area contributed by atoms with Crippen LogP contribution in [-0.4, -0.2) is 5.91 Å². The average molecular weight is 405 g/mol. The van der Waals surface area contributed by atoms with Crippen molar-refractivity contribution >= 4 is 23.0 Å². The van der Waals surface area contributed by atoms with Gasteiger partial charge in [0, 0.05) is 12.1 Å². The number of carbonyl (C=O) groups excluding carboxylic acids is 1. The summed E-state index contributed by atoms with van der Waals surface area (Å²) in [6, 6.07) is 8.72. The van der Waals surface area contributed by atoms with Crippen molar-refractivity contribution in [2.45, 2.75) is 52.3 Å².